The molecular weight excluding hydrogens is 164 g/mol. The van der Waals surface area contributed by atoms with Crippen molar-refractivity contribution in [2.24, 2.45) is 0 Å². The Hall–Kier alpha value is -0.910. The number of aliphatic carboxylic acids is 1. The van der Waals surface area contributed by atoms with Crippen LogP contribution in [0.4, 0.5) is 0 Å². The predicted octanol–water partition coefficient (Wildman–Crippen LogP) is -1.52. The molecule has 3 atom stereocenters. The largest absolute Gasteiger partial charge is 0.478 e. The predicted molar refractivity (Wildman–Crippen MR) is 38.4 cm³/mol. The van der Waals surface area contributed by atoms with Gasteiger partial charge in [0.25, 0.3) is 0 Å². The van der Waals surface area contributed by atoms with E-state index in [1.54, 1.807) is 0 Å². The topological polar surface area (TPSA) is 98.0 Å². The first-order valence-corrected chi connectivity index (χ1v) is 3.50. The van der Waals surface area contributed by atoms with Crippen molar-refractivity contribution in [3.8, 4) is 0 Å². The van der Waals surface area contributed by atoms with Gasteiger partial charge in [-0.2, -0.15) is 0 Å². The molecule has 0 aromatic carbocycles. The van der Waals surface area contributed by atoms with Gasteiger partial charge in [-0.25, -0.2) is 4.79 Å². The molecule has 1 rings (SSSR count). The van der Waals surface area contributed by atoms with Gasteiger partial charge in [0.15, 0.2) is 0 Å². The second kappa shape index (κ2) is 3.22. The minimum Gasteiger partial charge on any atom is -0.478 e. The Morgan fingerprint density at radius 1 is 1.42 bits per heavy atom. The number of aliphatic hydroxyl groups is 3. The standard InChI is InChI=1S/C7H10O5/c8-4-1-3(7(11)12)2-5(9)6(4)10/h1,4-6,8-10H,2H2,(H,11,12)/t4?,5-,6?/m1/s1. The monoisotopic (exact) mass is 174 g/mol. The first-order chi connectivity index (χ1) is 5.52. The summed E-state index contributed by atoms with van der Waals surface area (Å²) in [5.41, 5.74) is -0.0692. The Morgan fingerprint density at radius 2 is 2.00 bits per heavy atom. The molecule has 0 radical (unpaired) electrons. The van der Waals surface area contributed by atoms with Crippen LogP contribution in [0, 0.1) is 0 Å². The maximum absolute atomic E-state index is 10.4. The third-order valence-electron chi connectivity index (χ3n) is 1.82. The molecule has 1 aliphatic carbocycles. The van der Waals surface area contributed by atoms with Crippen molar-refractivity contribution in [1.82, 2.24) is 0 Å². The van der Waals surface area contributed by atoms with Crippen LogP contribution in [-0.2, 0) is 4.79 Å². The molecule has 0 fully saturated rings. The molecular formula is C7H10O5. The number of hydrogen-bond acceptors (Lipinski definition) is 4. The van der Waals surface area contributed by atoms with Crippen LogP contribution in [0.15, 0.2) is 11.6 Å². The van der Waals surface area contributed by atoms with E-state index in [4.69, 9.17) is 20.4 Å². The summed E-state index contributed by atoms with van der Waals surface area (Å²) in [5.74, 6) is -1.18. The van der Waals surface area contributed by atoms with Crippen LogP contribution in [0.2, 0.25) is 0 Å². The quantitative estimate of drug-likeness (QED) is 0.387. The zero-order valence-electron chi connectivity index (χ0n) is 6.21. The van der Waals surface area contributed by atoms with Crippen LogP contribution in [0.25, 0.3) is 0 Å². The lowest BCUT2D eigenvalue weighted by Crippen LogP contribution is -2.40. The van der Waals surface area contributed by atoms with Crippen LogP contribution in [0.1, 0.15) is 6.42 Å². The molecule has 68 valence electrons. The Bertz CT molecular complexity index is 222. The molecule has 0 bridgehead atoms. The molecule has 2 unspecified atom stereocenters. The van der Waals surface area contributed by atoms with Crippen molar-refractivity contribution in [2.75, 3.05) is 0 Å². The molecule has 12 heavy (non-hydrogen) atoms. The normalized spacial score (nSPS) is 35.9. The fourth-order valence-electron chi connectivity index (χ4n) is 1.11. The van der Waals surface area contributed by atoms with Crippen molar-refractivity contribution < 1.29 is 25.2 Å². The van der Waals surface area contributed by atoms with Crippen LogP contribution in [0.3, 0.4) is 0 Å². The van der Waals surface area contributed by atoms with Crippen molar-refractivity contribution in [2.45, 2.75) is 24.7 Å². The summed E-state index contributed by atoms with van der Waals surface area (Å²) in [5, 5.41) is 35.6. The number of aliphatic hydroxyl groups excluding tert-OH is 3. The third kappa shape index (κ3) is 1.63. The summed E-state index contributed by atoms with van der Waals surface area (Å²) in [7, 11) is 0. The molecule has 0 saturated carbocycles. The Balaban J connectivity index is 2.81. The molecule has 0 heterocycles. The van der Waals surface area contributed by atoms with E-state index in [9.17, 15) is 4.79 Å². The van der Waals surface area contributed by atoms with Gasteiger partial charge in [-0.05, 0) is 6.08 Å². The number of carboxylic acids is 1. The molecule has 5 nitrogen and oxygen atoms in total. The maximum Gasteiger partial charge on any atom is 0.331 e. The summed E-state index contributed by atoms with van der Waals surface area (Å²) >= 11 is 0. The molecule has 5 heteroatoms. The fourth-order valence-corrected chi connectivity index (χ4v) is 1.11. The van der Waals surface area contributed by atoms with E-state index in [0.29, 0.717) is 0 Å². The van der Waals surface area contributed by atoms with E-state index in [0.717, 1.165) is 6.08 Å². The van der Waals surface area contributed by atoms with Gasteiger partial charge in [-0.1, -0.05) is 0 Å². The van der Waals surface area contributed by atoms with E-state index < -0.39 is 24.3 Å². The summed E-state index contributed by atoms with van der Waals surface area (Å²) in [6.07, 6.45) is -2.86. The van der Waals surface area contributed by atoms with Gasteiger partial charge in [0.1, 0.15) is 12.2 Å². The van der Waals surface area contributed by atoms with E-state index >= 15 is 0 Å². The zero-order valence-corrected chi connectivity index (χ0v) is 6.21. The number of hydrogen-bond donors (Lipinski definition) is 4. The van der Waals surface area contributed by atoms with Gasteiger partial charge in [-0.3, -0.25) is 0 Å². The molecule has 0 saturated heterocycles. The second-order valence-corrected chi connectivity index (χ2v) is 2.75. The van der Waals surface area contributed by atoms with Crippen molar-refractivity contribution in [1.29, 1.82) is 0 Å². The van der Waals surface area contributed by atoms with Crippen LogP contribution in [-0.4, -0.2) is 44.7 Å². The van der Waals surface area contributed by atoms with Crippen molar-refractivity contribution in [3.05, 3.63) is 11.6 Å². The summed E-state index contributed by atoms with van der Waals surface area (Å²) in [4.78, 5) is 10.4. The summed E-state index contributed by atoms with van der Waals surface area (Å²) in [6.45, 7) is 0. The highest BCUT2D eigenvalue weighted by molar-refractivity contribution is 5.87. The average molecular weight is 174 g/mol. The lowest BCUT2D eigenvalue weighted by atomic mass is 9.92. The van der Waals surface area contributed by atoms with Gasteiger partial charge in [0.2, 0.25) is 0 Å². The Morgan fingerprint density at radius 3 is 2.42 bits per heavy atom. The molecule has 1 aliphatic rings. The van der Waals surface area contributed by atoms with E-state index in [-0.39, 0.29) is 12.0 Å². The van der Waals surface area contributed by atoms with E-state index in [1.807, 2.05) is 0 Å². The van der Waals surface area contributed by atoms with Crippen molar-refractivity contribution in [3.63, 3.8) is 0 Å². The molecule has 0 aromatic rings. The van der Waals surface area contributed by atoms with E-state index in [2.05, 4.69) is 0 Å². The smallest absolute Gasteiger partial charge is 0.331 e. The van der Waals surface area contributed by atoms with Gasteiger partial charge in [0, 0.05) is 12.0 Å². The van der Waals surface area contributed by atoms with Gasteiger partial charge >= 0.3 is 5.97 Å². The minimum absolute atomic E-state index is 0.0692. The SMILES string of the molecule is O=C(O)C1=CC(O)C(O)[C@H](O)C1. The lowest BCUT2D eigenvalue weighted by Gasteiger charge is -2.25. The number of carbonyl (C=O) groups is 1. The highest BCUT2D eigenvalue weighted by atomic mass is 16.4. The molecule has 0 spiro atoms. The molecule has 4 N–H and O–H groups in total. The highest BCUT2D eigenvalue weighted by Crippen LogP contribution is 2.19. The maximum atomic E-state index is 10.4. The van der Waals surface area contributed by atoms with Gasteiger partial charge < -0.3 is 20.4 Å². The van der Waals surface area contributed by atoms with Gasteiger partial charge in [0.05, 0.1) is 6.10 Å². The summed E-state index contributed by atoms with van der Waals surface area (Å²) in [6, 6.07) is 0. The Kier molecular flexibility index (Phi) is 2.46. The second-order valence-electron chi connectivity index (χ2n) is 2.75. The molecule has 0 amide bonds. The first kappa shape index (κ1) is 9.18. The average Bonchev–Trinajstić information content (AvgIpc) is 1.99. The molecule has 0 aromatic heterocycles. The van der Waals surface area contributed by atoms with Crippen LogP contribution >= 0.6 is 0 Å². The Labute approximate surface area is 68.6 Å². The van der Waals surface area contributed by atoms with Gasteiger partial charge in [-0.15, -0.1) is 0 Å². The van der Waals surface area contributed by atoms with Crippen LogP contribution < -0.4 is 0 Å². The minimum atomic E-state index is -1.29. The fraction of sp³-hybridized carbons (Fsp3) is 0.571. The van der Waals surface area contributed by atoms with E-state index in [1.165, 1.54) is 0 Å². The first-order valence-electron chi connectivity index (χ1n) is 3.50. The zero-order chi connectivity index (χ0) is 9.30. The number of carboxylic acid groups (broad SMARTS) is 1. The lowest BCUT2D eigenvalue weighted by molar-refractivity contribution is -0.134. The molecule has 0 aliphatic heterocycles. The number of rotatable bonds is 1. The highest BCUT2D eigenvalue weighted by Gasteiger charge is 2.31. The van der Waals surface area contributed by atoms with Crippen molar-refractivity contribution >= 4 is 5.97 Å². The third-order valence-corrected chi connectivity index (χ3v) is 1.82. The summed E-state index contributed by atoms with van der Waals surface area (Å²) < 4.78 is 0. The van der Waals surface area contributed by atoms with Crippen LogP contribution in [0.5, 0.6) is 0 Å².